The Kier molecular flexibility index (Phi) is 4.13. The highest BCUT2D eigenvalue weighted by Crippen LogP contribution is 2.31. The van der Waals surface area contributed by atoms with Crippen LogP contribution in [0.2, 0.25) is 10.0 Å². The predicted octanol–water partition coefficient (Wildman–Crippen LogP) is 4.87. The van der Waals surface area contributed by atoms with Gasteiger partial charge in [0.2, 0.25) is 11.6 Å². The number of furan rings is 1. The monoisotopic (exact) mass is 333 g/mol. The number of carbonyl (C=O) groups is 1. The Morgan fingerprint density at radius 3 is 2.68 bits per heavy atom. The Morgan fingerprint density at radius 2 is 1.95 bits per heavy atom. The Balaban J connectivity index is 1.83. The third-order valence-electron chi connectivity index (χ3n) is 2.84. The second-order valence-electron chi connectivity index (χ2n) is 4.35. The summed E-state index contributed by atoms with van der Waals surface area (Å²) in [6.45, 7) is 0. The van der Waals surface area contributed by atoms with E-state index >= 15 is 0 Å². The molecule has 0 spiro atoms. The standard InChI is InChI=1S/C16H9Cl2NO3/c17-10-4-5-11(12(18)9-10)13-6-7-14(21-13)16(20)22-15-3-1-2-8-19-15/h1-9H. The van der Waals surface area contributed by atoms with E-state index in [9.17, 15) is 4.79 Å². The van der Waals surface area contributed by atoms with Crippen LogP contribution in [-0.2, 0) is 0 Å². The molecule has 0 aliphatic rings. The number of nitrogens with zero attached hydrogens (tertiary/aromatic N) is 1. The Bertz CT molecular complexity index is 815. The maximum atomic E-state index is 12.0. The van der Waals surface area contributed by atoms with E-state index in [1.165, 1.54) is 12.3 Å². The summed E-state index contributed by atoms with van der Waals surface area (Å²) in [6.07, 6.45) is 1.53. The largest absolute Gasteiger partial charge is 0.449 e. The molecule has 0 radical (unpaired) electrons. The molecule has 0 saturated heterocycles. The molecule has 0 N–H and O–H groups in total. The molecule has 22 heavy (non-hydrogen) atoms. The Labute approximate surface area is 136 Å². The van der Waals surface area contributed by atoms with Crippen LogP contribution in [0, 0.1) is 0 Å². The fourth-order valence-electron chi connectivity index (χ4n) is 1.83. The molecule has 0 unspecified atom stereocenters. The molecular formula is C16H9Cl2NO3. The highest BCUT2D eigenvalue weighted by molar-refractivity contribution is 6.36. The van der Waals surface area contributed by atoms with Gasteiger partial charge in [-0.2, -0.15) is 0 Å². The average molecular weight is 334 g/mol. The first-order valence-electron chi connectivity index (χ1n) is 6.32. The maximum absolute atomic E-state index is 12.0. The molecule has 110 valence electrons. The lowest BCUT2D eigenvalue weighted by Gasteiger charge is -2.02. The van der Waals surface area contributed by atoms with Crippen molar-refractivity contribution in [2.45, 2.75) is 0 Å². The number of hydrogen-bond donors (Lipinski definition) is 0. The van der Waals surface area contributed by atoms with Crippen LogP contribution in [0.5, 0.6) is 5.88 Å². The molecule has 0 saturated carbocycles. The fourth-order valence-corrected chi connectivity index (χ4v) is 2.34. The van der Waals surface area contributed by atoms with Crippen LogP contribution >= 0.6 is 23.2 Å². The van der Waals surface area contributed by atoms with Crippen LogP contribution in [0.3, 0.4) is 0 Å². The molecule has 0 amide bonds. The van der Waals surface area contributed by atoms with Crippen molar-refractivity contribution in [1.82, 2.24) is 4.98 Å². The maximum Gasteiger partial charge on any atom is 0.380 e. The van der Waals surface area contributed by atoms with E-state index in [2.05, 4.69) is 4.98 Å². The van der Waals surface area contributed by atoms with Crippen molar-refractivity contribution < 1.29 is 13.9 Å². The van der Waals surface area contributed by atoms with Gasteiger partial charge in [0.25, 0.3) is 0 Å². The number of hydrogen-bond acceptors (Lipinski definition) is 4. The number of pyridine rings is 1. The summed E-state index contributed by atoms with van der Waals surface area (Å²) < 4.78 is 10.6. The number of rotatable bonds is 3. The van der Waals surface area contributed by atoms with Gasteiger partial charge in [-0.25, -0.2) is 9.78 Å². The van der Waals surface area contributed by atoms with Crippen LogP contribution in [0.25, 0.3) is 11.3 Å². The van der Waals surface area contributed by atoms with Crippen LogP contribution in [0.1, 0.15) is 10.6 Å². The first kappa shape index (κ1) is 14.6. The summed E-state index contributed by atoms with van der Waals surface area (Å²) in [7, 11) is 0. The van der Waals surface area contributed by atoms with Gasteiger partial charge in [0, 0.05) is 22.8 Å². The summed E-state index contributed by atoms with van der Waals surface area (Å²) in [5.41, 5.74) is 0.642. The van der Waals surface area contributed by atoms with Crippen molar-refractivity contribution in [1.29, 1.82) is 0 Å². The van der Waals surface area contributed by atoms with Gasteiger partial charge in [0.1, 0.15) is 5.76 Å². The summed E-state index contributed by atoms with van der Waals surface area (Å²) in [5.74, 6) is 0.0892. The molecule has 0 fully saturated rings. The molecule has 3 aromatic rings. The lowest BCUT2D eigenvalue weighted by molar-refractivity contribution is 0.0695. The van der Waals surface area contributed by atoms with Crippen LogP contribution in [-0.4, -0.2) is 11.0 Å². The average Bonchev–Trinajstić information content (AvgIpc) is 2.98. The summed E-state index contributed by atoms with van der Waals surface area (Å²) in [6, 6.07) is 13.2. The zero-order valence-electron chi connectivity index (χ0n) is 11.1. The molecule has 0 atom stereocenters. The van der Waals surface area contributed by atoms with Gasteiger partial charge < -0.3 is 9.15 Å². The number of benzene rings is 1. The van der Waals surface area contributed by atoms with Gasteiger partial charge in [-0.15, -0.1) is 0 Å². The normalized spacial score (nSPS) is 10.5. The lowest BCUT2D eigenvalue weighted by Crippen LogP contribution is -2.07. The molecule has 2 aromatic heterocycles. The third-order valence-corrected chi connectivity index (χ3v) is 3.39. The summed E-state index contributed by atoms with van der Waals surface area (Å²) in [5, 5.41) is 0.960. The molecule has 1 aromatic carbocycles. The van der Waals surface area contributed by atoms with Gasteiger partial charge in [-0.3, -0.25) is 0 Å². The van der Waals surface area contributed by atoms with Crippen LogP contribution in [0.15, 0.2) is 59.1 Å². The van der Waals surface area contributed by atoms with E-state index in [4.69, 9.17) is 32.4 Å². The molecule has 3 rings (SSSR count). The van der Waals surface area contributed by atoms with Gasteiger partial charge in [-0.05, 0) is 36.4 Å². The predicted molar refractivity (Wildman–Crippen MR) is 83.4 cm³/mol. The minimum absolute atomic E-state index is 0.0617. The molecular weight excluding hydrogens is 325 g/mol. The molecule has 0 bridgehead atoms. The number of carbonyl (C=O) groups excluding carboxylic acids is 1. The number of aromatic nitrogens is 1. The van der Waals surface area contributed by atoms with Crippen molar-refractivity contribution in [3.8, 4) is 17.2 Å². The smallest absolute Gasteiger partial charge is 0.380 e. The van der Waals surface area contributed by atoms with Crippen molar-refractivity contribution in [3.05, 3.63) is 70.5 Å². The van der Waals surface area contributed by atoms with Crippen molar-refractivity contribution in [3.63, 3.8) is 0 Å². The van der Waals surface area contributed by atoms with Gasteiger partial charge in [-0.1, -0.05) is 29.3 Å². The van der Waals surface area contributed by atoms with E-state index in [1.54, 1.807) is 42.5 Å². The second kappa shape index (κ2) is 6.22. The molecule has 6 heteroatoms. The zero-order chi connectivity index (χ0) is 15.5. The first-order valence-corrected chi connectivity index (χ1v) is 7.07. The second-order valence-corrected chi connectivity index (χ2v) is 5.19. The number of ether oxygens (including phenoxy) is 1. The van der Waals surface area contributed by atoms with E-state index in [0.717, 1.165) is 0 Å². The van der Waals surface area contributed by atoms with Crippen molar-refractivity contribution in [2.75, 3.05) is 0 Å². The Hall–Kier alpha value is -2.30. The van der Waals surface area contributed by atoms with E-state index < -0.39 is 5.97 Å². The number of esters is 1. The lowest BCUT2D eigenvalue weighted by atomic mass is 10.2. The first-order chi connectivity index (χ1) is 10.6. The van der Waals surface area contributed by atoms with Gasteiger partial charge >= 0.3 is 5.97 Å². The van der Waals surface area contributed by atoms with Crippen molar-refractivity contribution >= 4 is 29.2 Å². The van der Waals surface area contributed by atoms with Crippen molar-refractivity contribution in [2.24, 2.45) is 0 Å². The molecule has 0 aliphatic heterocycles. The minimum Gasteiger partial charge on any atom is -0.449 e. The molecule has 4 nitrogen and oxygen atoms in total. The Morgan fingerprint density at radius 1 is 1.09 bits per heavy atom. The van der Waals surface area contributed by atoms with Crippen LogP contribution < -0.4 is 4.74 Å². The summed E-state index contributed by atoms with van der Waals surface area (Å²) >= 11 is 12.0. The van der Waals surface area contributed by atoms with Crippen LogP contribution in [0.4, 0.5) is 0 Å². The van der Waals surface area contributed by atoms with E-state index in [0.29, 0.717) is 21.4 Å². The third kappa shape index (κ3) is 3.13. The van der Waals surface area contributed by atoms with Gasteiger partial charge in [0.05, 0.1) is 5.02 Å². The highest BCUT2D eigenvalue weighted by atomic mass is 35.5. The molecule has 0 aliphatic carbocycles. The SMILES string of the molecule is O=C(Oc1ccccn1)c1ccc(-c2ccc(Cl)cc2Cl)o1. The summed E-state index contributed by atoms with van der Waals surface area (Å²) in [4.78, 5) is 15.9. The van der Waals surface area contributed by atoms with E-state index in [1.807, 2.05) is 0 Å². The fraction of sp³-hybridized carbons (Fsp3) is 0. The highest BCUT2D eigenvalue weighted by Gasteiger charge is 2.16. The minimum atomic E-state index is -0.630. The zero-order valence-corrected chi connectivity index (χ0v) is 12.6. The molecule has 2 heterocycles. The topological polar surface area (TPSA) is 52.3 Å². The van der Waals surface area contributed by atoms with E-state index in [-0.39, 0.29) is 11.6 Å². The number of halogens is 2. The quantitative estimate of drug-likeness (QED) is 0.642. The van der Waals surface area contributed by atoms with Gasteiger partial charge in [0.15, 0.2) is 0 Å².